The fraction of sp³-hybridized carbons (Fsp3) is 0.342. The molecule has 3 aromatic carbocycles. The maximum Gasteiger partial charge on any atom is 0.307 e. The minimum Gasteiger partial charge on any atom is -0.492 e. The van der Waals surface area contributed by atoms with Crippen molar-refractivity contribution in [1.82, 2.24) is 9.97 Å². The Morgan fingerprint density at radius 3 is 1.96 bits per heavy atom. The zero-order chi connectivity index (χ0) is 35.8. The van der Waals surface area contributed by atoms with E-state index in [1.165, 1.54) is 0 Å². The average molecular weight is 721 g/mol. The van der Waals surface area contributed by atoms with E-state index in [1.54, 1.807) is 6.92 Å². The van der Waals surface area contributed by atoms with Crippen molar-refractivity contribution in [1.29, 1.82) is 0 Å². The molecule has 0 amide bonds. The van der Waals surface area contributed by atoms with E-state index < -0.39 is 16.1 Å². The number of aryl methyl sites for hydroxylation is 3. The quantitative estimate of drug-likeness (QED) is 0.118. The molecule has 0 fully saturated rings. The van der Waals surface area contributed by atoms with E-state index in [1.807, 2.05) is 86.6 Å². The summed E-state index contributed by atoms with van der Waals surface area (Å²) in [5, 5.41) is 10.1. The number of carboxylic acid groups (broad SMARTS) is 1. The van der Waals surface area contributed by atoms with Gasteiger partial charge in [0.05, 0.1) is 41.8 Å². The van der Waals surface area contributed by atoms with Crippen LogP contribution >= 0.6 is 11.6 Å². The van der Waals surface area contributed by atoms with E-state index in [9.17, 15) is 18.3 Å². The molecular weight excluding hydrogens is 680 g/mol. The molecule has 2 heterocycles. The van der Waals surface area contributed by atoms with Crippen LogP contribution in [0, 0.1) is 19.8 Å². The molecule has 50 heavy (non-hydrogen) atoms. The van der Waals surface area contributed by atoms with Gasteiger partial charge in [-0.25, -0.2) is 9.97 Å². The summed E-state index contributed by atoms with van der Waals surface area (Å²) >= 11 is 6.49. The number of benzene rings is 3. The first kappa shape index (κ1) is 36.8. The highest BCUT2D eigenvalue weighted by molar-refractivity contribution is 7.85. The van der Waals surface area contributed by atoms with Gasteiger partial charge in [-0.2, -0.15) is 8.42 Å². The number of carboxylic acids is 1. The minimum atomic E-state index is -3.41. The van der Waals surface area contributed by atoms with Gasteiger partial charge in [0.25, 0.3) is 10.1 Å². The molecule has 0 saturated heterocycles. The highest BCUT2D eigenvalue weighted by atomic mass is 35.5. The standard InChI is InChI=1S/C25H26ClNO4.C13H15NO4S/c1-3-18(25(28)29)19-10-9-17-13-23(21(26)14-20(17)19)30-12-11-22-15(2)31-24(27-22)16-7-5-4-6-8-16;1-10-12(8-9-17-19(2,15)16)14-13(18-10)11-6-4-3-5-7-11/h4-8,13-14,18-19H,3,9-12H2,1-2H3,(H,28,29);3-7H,8-9H2,1-2H3. The smallest absolute Gasteiger partial charge is 0.307 e. The third kappa shape index (κ3) is 9.41. The molecule has 6 rings (SSSR count). The molecule has 2 atom stereocenters. The topological polar surface area (TPSA) is 142 Å². The lowest BCUT2D eigenvalue weighted by Crippen LogP contribution is -2.19. The van der Waals surface area contributed by atoms with E-state index >= 15 is 0 Å². The van der Waals surface area contributed by atoms with Crippen molar-refractivity contribution in [2.24, 2.45) is 5.92 Å². The van der Waals surface area contributed by atoms with Gasteiger partial charge in [-0.1, -0.05) is 54.9 Å². The molecule has 0 spiro atoms. The minimum absolute atomic E-state index is 0.0123. The van der Waals surface area contributed by atoms with Crippen molar-refractivity contribution < 1.29 is 36.1 Å². The fourth-order valence-electron chi connectivity index (χ4n) is 6.07. The molecule has 0 aliphatic heterocycles. The van der Waals surface area contributed by atoms with Crippen LogP contribution in [-0.2, 0) is 38.4 Å². The molecule has 10 nitrogen and oxygen atoms in total. The van der Waals surface area contributed by atoms with Crippen LogP contribution in [0.15, 0.2) is 81.6 Å². The Labute approximate surface area is 297 Å². The number of nitrogens with zero attached hydrogens (tertiary/aromatic N) is 2. The van der Waals surface area contributed by atoms with Gasteiger partial charge in [-0.05, 0) is 86.6 Å². The molecule has 1 aliphatic carbocycles. The lowest BCUT2D eigenvalue weighted by molar-refractivity contribution is -0.142. The van der Waals surface area contributed by atoms with Crippen LogP contribution in [0.25, 0.3) is 22.9 Å². The molecule has 1 N–H and O–H groups in total. The van der Waals surface area contributed by atoms with E-state index in [-0.39, 0.29) is 18.4 Å². The first-order valence-corrected chi connectivity index (χ1v) is 18.7. The first-order valence-electron chi connectivity index (χ1n) is 16.5. The molecule has 1 aliphatic rings. The van der Waals surface area contributed by atoms with Crippen LogP contribution < -0.4 is 4.74 Å². The second kappa shape index (κ2) is 16.5. The van der Waals surface area contributed by atoms with Crippen LogP contribution in [0.4, 0.5) is 0 Å². The number of oxazole rings is 2. The monoisotopic (exact) mass is 720 g/mol. The molecule has 12 heteroatoms. The van der Waals surface area contributed by atoms with Crippen LogP contribution in [0.5, 0.6) is 5.75 Å². The third-order valence-corrected chi connectivity index (χ3v) is 9.51. The molecule has 5 aromatic rings. The Morgan fingerprint density at radius 1 is 0.920 bits per heavy atom. The lowest BCUT2D eigenvalue weighted by Gasteiger charge is -2.19. The summed E-state index contributed by atoms with van der Waals surface area (Å²) in [5.41, 5.74) is 5.59. The van der Waals surface area contributed by atoms with Gasteiger partial charge in [-0.3, -0.25) is 8.98 Å². The Hall–Kier alpha value is -4.45. The Balaban J connectivity index is 0.000000219. The summed E-state index contributed by atoms with van der Waals surface area (Å²) in [7, 11) is -3.41. The number of aliphatic carboxylic acids is 1. The molecule has 0 radical (unpaired) electrons. The number of carbonyl (C=O) groups is 1. The maximum absolute atomic E-state index is 11.6. The second-order valence-corrected chi connectivity index (χ2v) is 14.2. The zero-order valence-corrected chi connectivity index (χ0v) is 30.1. The highest BCUT2D eigenvalue weighted by Gasteiger charge is 2.34. The van der Waals surface area contributed by atoms with Gasteiger partial charge < -0.3 is 18.7 Å². The van der Waals surface area contributed by atoms with E-state index in [2.05, 4.69) is 9.97 Å². The van der Waals surface area contributed by atoms with Crippen LogP contribution in [0.1, 0.15) is 59.7 Å². The van der Waals surface area contributed by atoms with Crippen LogP contribution in [0.3, 0.4) is 0 Å². The second-order valence-electron chi connectivity index (χ2n) is 12.1. The predicted octanol–water partition coefficient (Wildman–Crippen LogP) is 8.23. The molecule has 2 unspecified atom stereocenters. The van der Waals surface area contributed by atoms with Crippen molar-refractivity contribution in [2.75, 3.05) is 19.5 Å². The third-order valence-electron chi connectivity index (χ3n) is 8.62. The van der Waals surface area contributed by atoms with Crippen molar-refractivity contribution in [3.05, 3.63) is 112 Å². The predicted molar refractivity (Wildman–Crippen MR) is 191 cm³/mol. The number of halogens is 1. The summed E-state index contributed by atoms with van der Waals surface area (Å²) in [5.74, 6) is 2.13. The van der Waals surface area contributed by atoms with Gasteiger partial charge in [0.1, 0.15) is 17.3 Å². The number of hydrogen-bond donors (Lipinski definition) is 1. The normalized spacial score (nSPS) is 14.5. The maximum atomic E-state index is 11.6. The van der Waals surface area contributed by atoms with E-state index in [0.29, 0.717) is 59.9 Å². The van der Waals surface area contributed by atoms with Gasteiger partial charge >= 0.3 is 5.97 Å². The Kier molecular flexibility index (Phi) is 12.2. The Bertz CT molecular complexity index is 2010. The molecule has 0 saturated carbocycles. The summed E-state index contributed by atoms with van der Waals surface area (Å²) in [4.78, 5) is 20.6. The summed E-state index contributed by atoms with van der Waals surface area (Å²) in [6.07, 6.45) is 4.32. The zero-order valence-electron chi connectivity index (χ0n) is 28.5. The molecule has 264 valence electrons. The Morgan fingerprint density at radius 2 is 1.46 bits per heavy atom. The van der Waals surface area contributed by atoms with Crippen molar-refractivity contribution in [3.63, 3.8) is 0 Å². The number of ether oxygens (including phenoxy) is 1. The number of fused-ring (bicyclic) bond motifs is 1. The summed E-state index contributed by atoms with van der Waals surface area (Å²) < 4.78 is 43.8. The van der Waals surface area contributed by atoms with Gasteiger partial charge in [0.2, 0.25) is 11.8 Å². The largest absolute Gasteiger partial charge is 0.492 e. The number of rotatable bonds is 13. The van der Waals surface area contributed by atoms with Crippen LogP contribution in [0.2, 0.25) is 5.02 Å². The molecule has 0 bridgehead atoms. The molecule has 2 aromatic heterocycles. The van der Waals surface area contributed by atoms with Gasteiger partial charge in [-0.15, -0.1) is 0 Å². The van der Waals surface area contributed by atoms with Crippen molar-refractivity contribution >= 4 is 27.7 Å². The van der Waals surface area contributed by atoms with Crippen LogP contribution in [-0.4, -0.2) is 48.9 Å². The van der Waals surface area contributed by atoms with Crippen molar-refractivity contribution in [2.45, 2.75) is 58.8 Å². The van der Waals surface area contributed by atoms with E-state index in [0.717, 1.165) is 52.8 Å². The first-order chi connectivity index (χ1) is 23.9. The lowest BCUT2D eigenvalue weighted by atomic mass is 9.85. The number of hydrogen-bond acceptors (Lipinski definition) is 9. The highest BCUT2D eigenvalue weighted by Crippen LogP contribution is 2.43. The average Bonchev–Trinajstić information content (AvgIpc) is 3.78. The number of aromatic nitrogens is 2. The van der Waals surface area contributed by atoms with Crippen molar-refractivity contribution in [3.8, 4) is 28.7 Å². The SMILES string of the molecule is CCC(C(=O)O)C1CCc2cc(OCCc3nc(-c4ccccc4)oc3C)c(Cl)cc21.Cc1oc(-c2ccccc2)nc1CCOS(C)(=O)=O. The molecular formula is C38H41ClN2O8S. The van der Waals surface area contributed by atoms with E-state index in [4.69, 9.17) is 29.4 Å². The fourth-order valence-corrected chi connectivity index (χ4v) is 6.69. The van der Waals surface area contributed by atoms with Gasteiger partial charge in [0.15, 0.2) is 0 Å². The summed E-state index contributed by atoms with van der Waals surface area (Å²) in [6, 6.07) is 23.2. The van der Waals surface area contributed by atoms with Gasteiger partial charge in [0, 0.05) is 24.0 Å². The summed E-state index contributed by atoms with van der Waals surface area (Å²) in [6.45, 7) is 6.13.